The molecule has 0 spiro atoms. The summed E-state index contributed by atoms with van der Waals surface area (Å²) in [4.78, 5) is 28.5. The Bertz CT molecular complexity index is 847. The molecule has 3 rings (SSSR count). The van der Waals surface area contributed by atoms with Crippen molar-refractivity contribution in [1.82, 2.24) is 15.5 Å². The van der Waals surface area contributed by atoms with E-state index in [2.05, 4.69) is 41.2 Å². The van der Waals surface area contributed by atoms with E-state index in [1.807, 2.05) is 48.5 Å². The van der Waals surface area contributed by atoms with Crippen LogP contribution in [-0.2, 0) is 17.9 Å². The van der Waals surface area contributed by atoms with Crippen LogP contribution in [0.15, 0.2) is 48.5 Å². The molecule has 30 heavy (non-hydrogen) atoms. The summed E-state index contributed by atoms with van der Waals surface area (Å²) in [6.45, 7) is 10.8. The molecule has 1 saturated heterocycles. The lowest BCUT2D eigenvalue weighted by Gasteiger charge is -2.28. The molecular formula is C24H32N4O2. The first kappa shape index (κ1) is 21.8. The van der Waals surface area contributed by atoms with Gasteiger partial charge in [0.1, 0.15) is 0 Å². The number of anilines is 1. The highest BCUT2D eigenvalue weighted by atomic mass is 16.2. The zero-order valence-corrected chi connectivity index (χ0v) is 18.1. The molecule has 1 aliphatic rings. The van der Waals surface area contributed by atoms with Crippen LogP contribution in [0.1, 0.15) is 42.3 Å². The molecule has 0 atom stereocenters. The SMILES string of the molecule is CCN(Cc1ccc(C(=O)NCc2ccc(N3CCNC(=O)C3)cc2)cc1)C(C)C. The quantitative estimate of drug-likeness (QED) is 0.705. The summed E-state index contributed by atoms with van der Waals surface area (Å²) in [6, 6.07) is 16.3. The van der Waals surface area contributed by atoms with Crippen molar-refractivity contribution >= 4 is 17.5 Å². The normalized spacial score (nSPS) is 14.2. The van der Waals surface area contributed by atoms with Crippen LogP contribution in [0.2, 0.25) is 0 Å². The van der Waals surface area contributed by atoms with Crippen LogP contribution in [0.4, 0.5) is 5.69 Å². The van der Waals surface area contributed by atoms with E-state index >= 15 is 0 Å². The maximum Gasteiger partial charge on any atom is 0.251 e. The van der Waals surface area contributed by atoms with Gasteiger partial charge in [0.25, 0.3) is 5.91 Å². The maximum absolute atomic E-state index is 12.5. The van der Waals surface area contributed by atoms with Crippen molar-refractivity contribution in [3.8, 4) is 0 Å². The molecule has 0 bridgehead atoms. The zero-order chi connectivity index (χ0) is 21.5. The molecule has 2 amide bonds. The van der Waals surface area contributed by atoms with Crippen molar-refractivity contribution in [3.05, 3.63) is 65.2 Å². The third kappa shape index (κ3) is 5.83. The summed E-state index contributed by atoms with van der Waals surface area (Å²) in [5.74, 6) is -0.0234. The molecule has 0 unspecified atom stereocenters. The van der Waals surface area contributed by atoms with Gasteiger partial charge < -0.3 is 15.5 Å². The summed E-state index contributed by atoms with van der Waals surface area (Å²) < 4.78 is 0. The molecule has 0 saturated carbocycles. The Morgan fingerprint density at radius 3 is 2.37 bits per heavy atom. The number of benzene rings is 2. The molecule has 1 fully saturated rings. The highest BCUT2D eigenvalue weighted by Gasteiger charge is 2.16. The highest BCUT2D eigenvalue weighted by Crippen LogP contribution is 2.16. The minimum atomic E-state index is -0.0745. The Kier molecular flexibility index (Phi) is 7.46. The molecule has 1 aliphatic heterocycles. The van der Waals surface area contributed by atoms with Gasteiger partial charge in [-0.3, -0.25) is 14.5 Å². The van der Waals surface area contributed by atoms with Gasteiger partial charge in [-0.2, -0.15) is 0 Å². The molecule has 160 valence electrons. The van der Waals surface area contributed by atoms with Gasteiger partial charge in [0, 0.05) is 43.5 Å². The van der Waals surface area contributed by atoms with Crippen molar-refractivity contribution in [1.29, 1.82) is 0 Å². The van der Waals surface area contributed by atoms with Crippen molar-refractivity contribution < 1.29 is 9.59 Å². The lowest BCUT2D eigenvalue weighted by Crippen LogP contribution is -2.47. The molecule has 1 heterocycles. The van der Waals surface area contributed by atoms with Crippen molar-refractivity contribution in [2.45, 2.75) is 39.9 Å². The second kappa shape index (κ2) is 10.3. The minimum Gasteiger partial charge on any atom is -0.360 e. The first-order valence-corrected chi connectivity index (χ1v) is 10.7. The van der Waals surface area contributed by atoms with Crippen molar-refractivity contribution in [2.24, 2.45) is 0 Å². The Morgan fingerprint density at radius 1 is 1.10 bits per heavy atom. The van der Waals surface area contributed by atoms with E-state index in [9.17, 15) is 9.59 Å². The number of nitrogens with zero attached hydrogens (tertiary/aromatic N) is 2. The molecule has 0 radical (unpaired) electrons. The number of carbonyl (C=O) groups excluding carboxylic acids is 2. The van der Waals surface area contributed by atoms with Gasteiger partial charge in [-0.25, -0.2) is 0 Å². The number of carbonyl (C=O) groups is 2. The van der Waals surface area contributed by atoms with Gasteiger partial charge in [0.05, 0.1) is 6.54 Å². The van der Waals surface area contributed by atoms with Crippen LogP contribution in [0.5, 0.6) is 0 Å². The molecule has 2 aromatic carbocycles. The summed E-state index contributed by atoms with van der Waals surface area (Å²) in [5, 5.41) is 5.82. The maximum atomic E-state index is 12.5. The largest absolute Gasteiger partial charge is 0.360 e. The zero-order valence-electron chi connectivity index (χ0n) is 18.1. The van der Waals surface area contributed by atoms with Crippen LogP contribution in [-0.4, -0.2) is 48.9 Å². The minimum absolute atomic E-state index is 0.0511. The second-order valence-electron chi connectivity index (χ2n) is 7.97. The molecule has 0 aromatic heterocycles. The molecule has 6 heteroatoms. The van der Waals surface area contributed by atoms with E-state index in [1.165, 1.54) is 5.56 Å². The van der Waals surface area contributed by atoms with Crippen LogP contribution >= 0.6 is 0 Å². The number of rotatable bonds is 8. The summed E-state index contributed by atoms with van der Waals surface area (Å²) in [5.41, 5.74) is 3.94. The Hall–Kier alpha value is -2.86. The summed E-state index contributed by atoms with van der Waals surface area (Å²) in [7, 11) is 0. The average Bonchev–Trinajstić information content (AvgIpc) is 2.76. The topological polar surface area (TPSA) is 64.7 Å². The number of piperazine rings is 1. The predicted octanol–water partition coefficient (Wildman–Crippen LogP) is 2.78. The van der Waals surface area contributed by atoms with Crippen LogP contribution in [0, 0.1) is 0 Å². The van der Waals surface area contributed by atoms with Gasteiger partial charge in [-0.15, -0.1) is 0 Å². The smallest absolute Gasteiger partial charge is 0.251 e. The molecule has 2 N–H and O–H groups in total. The van der Waals surface area contributed by atoms with Gasteiger partial charge >= 0.3 is 0 Å². The predicted molar refractivity (Wildman–Crippen MR) is 120 cm³/mol. The van der Waals surface area contributed by atoms with E-state index in [0.29, 0.717) is 31.2 Å². The second-order valence-corrected chi connectivity index (χ2v) is 7.97. The van der Waals surface area contributed by atoms with Crippen LogP contribution < -0.4 is 15.5 Å². The van der Waals surface area contributed by atoms with Crippen molar-refractivity contribution in [3.63, 3.8) is 0 Å². The fourth-order valence-corrected chi connectivity index (χ4v) is 3.62. The Balaban J connectivity index is 1.52. The number of hydrogen-bond donors (Lipinski definition) is 2. The monoisotopic (exact) mass is 408 g/mol. The van der Waals surface area contributed by atoms with Gasteiger partial charge in [-0.1, -0.05) is 31.2 Å². The molecule has 0 aliphatic carbocycles. The summed E-state index contributed by atoms with van der Waals surface area (Å²) >= 11 is 0. The lowest BCUT2D eigenvalue weighted by atomic mass is 10.1. The van der Waals surface area contributed by atoms with E-state index in [-0.39, 0.29) is 11.8 Å². The molecule has 2 aromatic rings. The third-order valence-electron chi connectivity index (χ3n) is 5.53. The first-order chi connectivity index (χ1) is 14.5. The van der Waals surface area contributed by atoms with Gasteiger partial charge in [0.2, 0.25) is 5.91 Å². The standard InChI is InChI=1S/C24H32N4O2/c1-4-27(18(2)3)16-20-5-9-21(10-6-20)24(30)26-15-19-7-11-22(12-8-19)28-14-13-25-23(29)17-28/h5-12,18H,4,13-17H2,1-3H3,(H,25,29)(H,26,30). The van der Waals surface area contributed by atoms with Crippen LogP contribution in [0.3, 0.4) is 0 Å². The van der Waals surface area contributed by atoms with E-state index in [4.69, 9.17) is 0 Å². The number of hydrogen-bond acceptors (Lipinski definition) is 4. The van der Waals surface area contributed by atoms with Crippen LogP contribution in [0.25, 0.3) is 0 Å². The van der Waals surface area contributed by atoms with Crippen molar-refractivity contribution in [2.75, 3.05) is 31.1 Å². The lowest BCUT2D eigenvalue weighted by molar-refractivity contribution is -0.120. The fourth-order valence-electron chi connectivity index (χ4n) is 3.62. The highest BCUT2D eigenvalue weighted by molar-refractivity contribution is 5.94. The van der Waals surface area contributed by atoms with Gasteiger partial charge in [0.15, 0.2) is 0 Å². The third-order valence-corrected chi connectivity index (χ3v) is 5.53. The van der Waals surface area contributed by atoms with E-state index in [0.717, 1.165) is 30.9 Å². The summed E-state index contributed by atoms with van der Waals surface area (Å²) in [6.07, 6.45) is 0. The fraction of sp³-hybridized carbons (Fsp3) is 0.417. The molecular weight excluding hydrogens is 376 g/mol. The van der Waals surface area contributed by atoms with E-state index < -0.39 is 0 Å². The number of nitrogens with one attached hydrogen (secondary N) is 2. The Morgan fingerprint density at radius 2 is 1.77 bits per heavy atom. The van der Waals surface area contributed by atoms with Gasteiger partial charge in [-0.05, 0) is 55.8 Å². The average molecular weight is 409 g/mol. The number of amides is 2. The first-order valence-electron chi connectivity index (χ1n) is 10.7. The Labute approximate surface area is 179 Å². The molecule has 6 nitrogen and oxygen atoms in total. The van der Waals surface area contributed by atoms with E-state index in [1.54, 1.807) is 0 Å².